The summed E-state index contributed by atoms with van der Waals surface area (Å²) in [6, 6.07) is 5.97. The number of anilines is 1. The lowest BCUT2D eigenvalue weighted by Gasteiger charge is -2.21. The fraction of sp³-hybridized carbons (Fsp3) is 0.417. The van der Waals surface area contributed by atoms with Gasteiger partial charge in [0.1, 0.15) is 0 Å². The molecule has 19 heavy (non-hydrogen) atoms. The number of aromatic carboxylic acids is 1. The number of hydrogen-bond acceptors (Lipinski definition) is 4. The summed E-state index contributed by atoms with van der Waals surface area (Å²) in [7, 11) is -2.26. The zero-order chi connectivity index (χ0) is 14.5. The van der Waals surface area contributed by atoms with Gasteiger partial charge in [-0.05, 0) is 19.1 Å². The predicted molar refractivity (Wildman–Crippen MR) is 72.1 cm³/mol. The van der Waals surface area contributed by atoms with Crippen LogP contribution < -0.4 is 4.31 Å². The molecule has 0 aliphatic heterocycles. The van der Waals surface area contributed by atoms with Crippen LogP contribution in [0.25, 0.3) is 0 Å². The molecule has 0 aromatic heterocycles. The average molecular weight is 287 g/mol. The Morgan fingerprint density at radius 3 is 2.58 bits per heavy atom. The number of hydrogen-bond donors (Lipinski definition) is 1. The molecule has 0 aliphatic rings. The number of carboxylic acid groups (broad SMARTS) is 1. The molecular weight excluding hydrogens is 270 g/mol. The summed E-state index contributed by atoms with van der Waals surface area (Å²) in [5.41, 5.74) is 0.0940. The van der Waals surface area contributed by atoms with Gasteiger partial charge in [-0.25, -0.2) is 13.2 Å². The van der Waals surface area contributed by atoms with Crippen LogP contribution in [0.2, 0.25) is 0 Å². The Hall–Kier alpha value is -1.60. The lowest BCUT2D eigenvalue weighted by atomic mass is 10.2. The first-order valence-electron chi connectivity index (χ1n) is 5.76. The number of sulfonamides is 1. The topological polar surface area (TPSA) is 83.9 Å². The van der Waals surface area contributed by atoms with E-state index in [1.54, 1.807) is 19.1 Å². The minimum Gasteiger partial charge on any atom is -0.478 e. The van der Waals surface area contributed by atoms with Crippen LogP contribution in [0, 0.1) is 0 Å². The molecule has 106 valence electrons. The number of ether oxygens (including phenoxy) is 1. The van der Waals surface area contributed by atoms with Gasteiger partial charge in [-0.2, -0.15) is 0 Å². The molecule has 1 aromatic rings. The quantitative estimate of drug-likeness (QED) is 0.761. The molecule has 1 aromatic carbocycles. The Kier molecular flexibility index (Phi) is 5.31. The van der Waals surface area contributed by atoms with Crippen LogP contribution in [0.5, 0.6) is 0 Å². The Bertz CT molecular complexity index is 541. The number of para-hydroxylation sites is 1. The Balaban J connectivity index is 2.99. The van der Waals surface area contributed by atoms with E-state index in [0.717, 1.165) is 4.31 Å². The highest BCUT2D eigenvalue weighted by molar-refractivity contribution is 7.92. The molecule has 0 saturated carbocycles. The molecule has 0 amide bonds. The molecule has 0 radical (unpaired) electrons. The second kappa shape index (κ2) is 6.53. The van der Waals surface area contributed by atoms with E-state index in [1.165, 1.54) is 19.2 Å². The highest BCUT2D eigenvalue weighted by Crippen LogP contribution is 2.21. The van der Waals surface area contributed by atoms with Gasteiger partial charge in [0, 0.05) is 13.7 Å². The molecular formula is C12H17NO5S. The Labute approximate surface area is 112 Å². The van der Waals surface area contributed by atoms with Crippen molar-refractivity contribution in [2.45, 2.75) is 6.92 Å². The fourth-order valence-corrected chi connectivity index (χ4v) is 2.59. The molecule has 0 bridgehead atoms. The second-order valence-electron chi connectivity index (χ2n) is 3.80. The summed E-state index contributed by atoms with van der Waals surface area (Å²) >= 11 is 0. The van der Waals surface area contributed by atoms with E-state index < -0.39 is 16.0 Å². The molecule has 6 nitrogen and oxygen atoms in total. The first-order chi connectivity index (χ1) is 8.90. The van der Waals surface area contributed by atoms with Crippen molar-refractivity contribution in [2.75, 3.05) is 30.3 Å². The molecule has 1 N–H and O–H groups in total. The van der Waals surface area contributed by atoms with Crippen LogP contribution in [0.3, 0.4) is 0 Å². The summed E-state index contributed by atoms with van der Waals surface area (Å²) in [6.45, 7) is 2.29. The van der Waals surface area contributed by atoms with E-state index in [9.17, 15) is 13.2 Å². The number of carbonyl (C=O) groups is 1. The van der Waals surface area contributed by atoms with Crippen LogP contribution in [-0.4, -0.2) is 45.5 Å². The smallest absolute Gasteiger partial charge is 0.337 e. The number of benzene rings is 1. The SMILES string of the molecule is CCOCCS(=O)(=O)N(C)c1ccccc1C(=O)O. The van der Waals surface area contributed by atoms with Gasteiger partial charge < -0.3 is 9.84 Å². The van der Waals surface area contributed by atoms with Crippen LogP contribution >= 0.6 is 0 Å². The van der Waals surface area contributed by atoms with Crippen molar-refractivity contribution in [3.8, 4) is 0 Å². The number of rotatable bonds is 7. The molecule has 0 heterocycles. The van der Waals surface area contributed by atoms with Crippen molar-refractivity contribution in [1.29, 1.82) is 0 Å². The summed E-state index contributed by atoms with van der Waals surface area (Å²) in [5.74, 6) is -1.35. The van der Waals surface area contributed by atoms with E-state index >= 15 is 0 Å². The molecule has 0 aliphatic carbocycles. The molecule has 0 saturated heterocycles. The molecule has 0 unspecified atom stereocenters. The van der Waals surface area contributed by atoms with Gasteiger partial charge in [-0.3, -0.25) is 4.31 Å². The van der Waals surface area contributed by atoms with Crippen LogP contribution in [0.4, 0.5) is 5.69 Å². The third kappa shape index (κ3) is 3.93. The maximum atomic E-state index is 12.0. The fourth-order valence-electron chi connectivity index (χ4n) is 1.52. The zero-order valence-electron chi connectivity index (χ0n) is 10.9. The first-order valence-corrected chi connectivity index (χ1v) is 7.37. The average Bonchev–Trinajstić information content (AvgIpc) is 2.38. The van der Waals surface area contributed by atoms with Crippen LogP contribution in [0.1, 0.15) is 17.3 Å². The largest absolute Gasteiger partial charge is 0.478 e. The van der Waals surface area contributed by atoms with Gasteiger partial charge in [0.05, 0.1) is 23.6 Å². The van der Waals surface area contributed by atoms with Crippen molar-refractivity contribution in [1.82, 2.24) is 0 Å². The van der Waals surface area contributed by atoms with Crippen molar-refractivity contribution >= 4 is 21.7 Å². The first kappa shape index (κ1) is 15.5. The molecule has 0 atom stereocenters. The summed E-state index contributed by atoms with van der Waals surface area (Å²) in [5, 5.41) is 9.05. The third-order valence-corrected chi connectivity index (χ3v) is 4.29. The van der Waals surface area contributed by atoms with Crippen LogP contribution in [0.15, 0.2) is 24.3 Å². The van der Waals surface area contributed by atoms with Crippen molar-refractivity contribution in [2.24, 2.45) is 0 Å². The minimum atomic E-state index is -3.60. The summed E-state index contributed by atoms with van der Waals surface area (Å²) in [6.07, 6.45) is 0. The summed E-state index contributed by atoms with van der Waals surface area (Å²) in [4.78, 5) is 11.1. The predicted octanol–water partition coefficient (Wildman–Crippen LogP) is 1.19. The van der Waals surface area contributed by atoms with Gasteiger partial charge in [0.15, 0.2) is 0 Å². The normalized spacial score (nSPS) is 11.3. The van der Waals surface area contributed by atoms with Gasteiger partial charge in [-0.15, -0.1) is 0 Å². The van der Waals surface area contributed by atoms with Crippen molar-refractivity contribution in [3.63, 3.8) is 0 Å². The van der Waals surface area contributed by atoms with Crippen molar-refractivity contribution in [3.05, 3.63) is 29.8 Å². The lowest BCUT2D eigenvalue weighted by molar-refractivity contribution is 0.0698. The highest BCUT2D eigenvalue weighted by atomic mass is 32.2. The maximum absolute atomic E-state index is 12.0. The van der Waals surface area contributed by atoms with Gasteiger partial charge in [-0.1, -0.05) is 12.1 Å². The van der Waals surface area contributed by atoms with Crippen molar-refractivity contribution < 1.29 is 23.1 Å². The van der Waals surface area contributed by atoms with E-state index in [4.69, 9.17) is 9.84 Å². The van der Waals surface area contributed by atoms with Gasteiger partial charge in [0.2, 0.25) is 10.0 Å². The molecule has 0 fully saturated rings. The lowest BCUT2D eigenvalue weighted by Crippen LogP contribution is -2.32. The molecule has 7 heteroatoms. The third-order valence-electron chi connectivity index (χ3n) is 2.58. The minimum absolute atomic E-state index is 0.0509. The monoisotopic (exact) mass is 287 g/mol. The molecule has 1 rings (SSSR count). The second-order valence-corrected chi connectivity index (χ2v) is 5.92. The summed E-state index contributed by atoms with van der Waals surface area (Å²) < 4.78 is 30.1. The van der Waals surface area contributed by atoms with Crippen LogP contribution in [-0.2, 0) is 14.8 Å². The van der Waals surface area contributed by atoms with E-state index in [0.29, 0.717) is 6.61 Å². The Morgan fingerprint density at radius 1 is 1.37 bits per heavy atom. The number of nitrogens with zero attached hydrogens (tertiary/aromatic N) is 1. The zero-order valence-corrected chi connectivity index (χ0v) is 11.7. The van der Waals surface area contributed by atoms with E-state index in [1.807, 2.05) is 0 Å². The Morgan fingerprint density at radius 2 is 2.00 bits per heavy atom. The maximum Gasteiger partial charge on any atom is 0.337 e. The number of carboxylic acids is 1. The van der Waals surface area contributed by atoms with E-state index in [2.05, 4.69) is 0 Å². The highest BCUT2D eigenvalue weighted by Gasteiger charge is 2.22. The van der Waals surface area contributed by atoms with E-state index in [-0.39, 0.29) is 23.6 Å². The van der Waals surface area contributed by atoms with Gasteiger partial charge in [0.25, 0.3) is 0 Å². The van der Waals surface area contributed by atoms with Gasteiger partial charge >= 0.3 is 5.97 Å². The standard InChI is InChI=1S/C12H17NO5S/c1-3-18-8-9-19(16,17)13(2)11-7-5-4-6-10(11)12(14)15/h4-7H,3,8-9H2,1-2H3,(H,14,15). The molecule has 0 spiro atoms.